The molecule has 2 aliphatic heterocycles. The molecule has 2 amide bonds. The summed E-state index contributed by atoms with van der Waals surface area (Å²) >= 11 is 0. The van der Waals surface area contributed by atoms with Crippen molar-refractivity contribution in [1.29, 1.82) is 0 Å². The van der Waals surface area contributed by atoms with Gasteiger partial charge in [0.15, 0.2) is 11.6 Å². The number of carbonyl (C=O) groups is 2. The summed E-state index contributed by atoms with van der Waals surface area (Å²) in [5, 5.41) is 2.61. The van der Waals surface area contributed by atoms with E-state index in [2.05, 4.69) is 5.32 Å². The molecule has 4 rings (SSSR count). The van der Waals surface area contributed by atoms with Crippen LogP contribution in [-0.4, -0.2) is 47.8 Å². The Bertz CT molecular complexity index is 944. The van der Waals surface area contributed by atoms with Crippen LogP contribution in [0.15, 0.2) is 42.5 Å². The van der Waals surface area contributed by atoms with Gasteiger partial charge in [-0.1, -0.05) is 24.3 Å². The molecule has 0 bridgehead atoms. The molecule has 30 heavy (non-hydrogen) atoms. The monoisotopic (exact) mass is 413 g/mol. The fourth-order valence-corrected chi connectivity index (χ4v) is 4.32. The summed E-state index contributed by atoms with van der Waals surface area (Å²) in [4.78, 5) is 29.8. The van der Waals surface area contributed by atoms with Gasteiger partial charge in [-0.3, -0.25) is 14.5 Å². The molecular formula is C23H25F2N3O2. The number of carbonyl (C=O) groups excluding carboxylic acids is 2. The number of amides is 2. The largest absolute Gasteiger partial charge is 0.341 e. The van der Waals surface area contributed by atoms with Crippen molar-refractivity contribution < 1.29 is 18.4 Å². The lowest BCUT2D eigenvalue weighted by Gasteiger charge is -2.39. The van der Waals surface area contributed by atoms with E-state index in [-0.39, 0.29) is 24.0 Å². The molecule has 2 heterocycles. The van der Waals surface area contributed by atoms with Gasteiger partial charge in [0.2, 0.25) is 11.8 Å². The number of halogens is 2. The zero-order chi connectivity index (χ0) is 21.1. The molecule has 0 radical (unpaired) electrons. The Balaban J connectivity index is 1.53. The maximum absolute atomic E-state index is 13.4. The van der Waals surface area contributed by atoms with Gasteiger partial charge in [0.05, 0.1) is 6.54 Å². The fraction of sp³-hybridized carbons (Fsp3) is 0.391. The van der Waals surface area contributed by atoms with E-state index in [1.807, 2.05) is 34.1 Å². The van der Waals surface area contributed by atoms with Gasteiger partial charge in [-0.05, 0) is 48.9 Å². The van der Waals surface area contributed by atoms with E-state index in [0.717, 1.165) is 62.0 Å². The van der Waals surface area contributed by atoms with Crippen molar-refractivity contribution in [2.45, 2.75) is 31.7 Å². The molecule has 1 saturated heterocycles. The SMILES string of the molecule is O=C(CN1CCc2ccccc2C1C(=O)N1CCCCC1)Nc1ccc(F)c(F)c1. The summed E-state index contributed by atoms with van der Waals surface area (Å²) < 4.78 is 26.6. The molecule has 7 heteroatoms. The Kier molecular flexibility index (Phi) is 6.08. The number of nitrogens with one attached hydrogen (secondary N) is 1. The number of hydrogen-bond acceptors (Lipinski definition) is 3. The number of hydrogen-bond donors (Lipinski definition) is 1. The van der Waals surface area contributed by atoms with Gasteiger partial charge < -0.3 is 10.2 Å². The number of piperidine rings is 1. The molecule has 158 valence electrons. The number of benzene rings is 2. The Morgan fingerprint density at radius 2 is 1.73 bits per heavy atom. The number of likely N-dealkylation sites (tertiary alicyclic amines) is 1. The first-order chi connectivity index (χ1) is 14.5. The van der Waals surface area contributed by atoms with Crippen LogP contribution in [0.2, 0.25) is 0 Å². The molecule has 1 atom stereocenters. The first kappa shape index (κ1) is 20.5. The Morgan fingerprint density at radius 1 is 0.967 bits per heavy atom. The van der Waals surface area contributed by atoms with E-state index >= 15 is 0 Å². The lowest BCUT2D eigenvalue weighted by molar-refractivity contribution is -0.139. The van der Waals surface area contributed by atoms with Gasteiger partial charge in [0, 0.05) is 31.4 Å². The van der Waals surface area contributed by atoms with E-state index in [9.17, 15) is 18.4 Å². The summed E-state index contributed by atoms with van der Waals surface area (Å²) in [6.45, 7) is 2.06. The average Bonchev–Trinajstić information content (AvgIpc) is 2.76. The molecule has 1 fully saturated rings. The minimum absolute atomic E-state index is 0.00240. The topological polar surface area (TPSA) is 52.7 Å². The molecular weight excluding hydrogens is 388 g/mol. The van der Waals surface area contributed by atoms with Gasteiger partial charge in [-0.25, -0.2) is 8.78 Å². The molecule has 0 saturated carbocycles. The lowest BCUT2D eigenvalue weighted by atomic mass is 9.91. The van der Waals surface area contributed by atoms with Crippen molar-refractivity contribution in [2.75, 3.05) is 31.5 Å². The molecule has 0 aliphatic carbocycles. The van der Waals surface area contributed by atoms with Gasteiger partial charge in [0.1, 0.15) is 6.04 Å². The molecule has 2 aromatic rings. The van der Waals surface area contributed by atoms with Crippen LogP contribution in [0.4, 0.5) is 14.5 Å². The van der Waals surface area contributed by atoms with Gasteiger partial charge in [0.25, 0.3) is 0 Å². The van der Waals surface area contributed by atoms with Crippen LogP contribution >= 0.6 is 0 Å². The van der Waals surface area contributed by atoms with E-state index in [1.54, 1.807) is 0 Å². The van der Waals surface area contributed by atoms with Crippen molar-refractivity contribution in [3.8, 4) is 0 Å². The van der Waals surface area contributed by atoms with Gasteiger partial charge in [-0.2, -0.15) is 0 Å². The smallest absolute Gasteiger partial charge is 0.244 e. The number of rotatable bonds is 4. The lowest BCUT2D eigenvalue weighted by Crippen LogP contribution is -2.49. The Morgan fingerprint density at radius 3 is 2.50 bits per heavy atom. The van der Waals surface area contributed by atoms with Gasteiger partial charge >= 0.3 is 0 Å². The summed E-state index contributed by atoms with van der Waals surface area (Å²) in [6.07, 6.45) is 3.87. The standard InChI is InChI=1S/C23H25F2N3O2/c24-19-9-8-17(14-20(19)25)26-21(29)15-28-13-10-16-6-2-3-7-18(16)22(28)23(30)27-11-4-1-5-12-27/h2-3,6-9,14,22H,1,4-5,10-13,15H2,(H,26,29). The van der Waals surface area contributed by atoms with Crippen molar-refractivity contribution in [3.05, 3.63) is 65.2 Å². The highest BCUT2D eigenvalue weighted by Crippen LogP contribution is 2.32. The molecule has 1 unspecified atom stereocenters. The molecule has 0 aromatic heterocycles. The zero-order valence-electron chi connectivity index (χ0n) is 16.7. The highest BCUT2D eigenvalue weighted by atomic mass is 19.2. The van der Waals surface area contributed by atoms with Crippen molar-refractivity contribution in [3.63, 3.8) is 0 Å². The van der Waals surface area contributed by atoms with Crippen LogP contribution in [0.1, 0.15) is 36.4 Å². The second-order valence-corrected chi connectivity index (χ2v) is 7.88. The third-order valence-corrected chi connectivity index (χ3v) is 5.83. The van der Waals surface area contributed by atoms with Crippen LogP contribution in [-0.2, 0) is 16.0 Å². The van der Waals surface area contributed by atoms with Crippen molar-refractivity contribution >= 4 is 17.5 Å². The summed E-state index contributed by atoms with van der Waals surface area (Å²) in [5.74, 6) is -2.31. The number of fused-ring (bicyclic) bond motifs is 1. The van der Waals surface area contributed by atoms with E-state index in [4.69, 9.17) is 0 Å². The van der Waals surface area contributed by atoms with E-state index in [1.165, 1.54) is 6.07 Å². The zero-order valence-corrected chi connectivity index (χ0v) is 16.7. The Labute approximate surface area is 174 Å². The maximum atomic E-state index is 13.4. The van der Waals surface area contributed by atoms with Crippen LogP contribution in [0.25, 0.3) is 0 Å². The molecule has 2 aromatic carbocycles. The highest BCUT2D eigenvalue weighted by Gasteiger charge is 2.36. The summed E-state index contributed by atoms with van der Waals surface area (Å²) in [5.41, 5.74) is 2.26. The maximum Gasteiger partial charge on any atom is 0.244 e. The van der Waals surface area contributed by atoms with Crippen LogP contribution < -0.4 is 5.32 Å². The van der Waals surface area contributed by atoms with Crippen LogP contribution in [0, 0.1) is 11.6 Å². The third kappa shape index (κ3) is 4.36. The summed E-state index contributed by atoms with van der Waals surface area (Å²) in [7, 11) is 0. The molecule has 5 nitrogen and oxygen atoms in total. The minimum Gasteiger partial charge on any atom is -0.341 e. The van der Waals surface area contributed by atoms with E-state index in [0.29, 0.717) is 6.54 Å². The summed E-state index contributed by atoms with van der Waals surface area (Å²) in [6, 6.07) is 10.6. The molecule has 1 N–H and O–H groups in total. The second-order valence-electron chi connectivity index (χ2n) is 7.88. The van der Waals surface area contributed by atoms with Crippen LogP contribution in [0.3, 0.4) is 0 Å². The molecule has 0 spiro atoms. The number of anilines is 1. The first-order valence-electron chi connectivity index (χ1n) is 10.4. The van der Waals surface area contributed by atoms with Crippen LogP contribution in [0.5, 0.6) is 0 Å². The number of nitrogens with zero attached hydrogens (tertiary/aromatic N) is 2. The normalized spacial score (nSPS) is 19.3. The average molecular weight is 413 g/mol. The second kappa shape index (κ2) is 8.92. The van der Waals surface area contributed by atoms with Crippen molar-refractivity contribution in [1.82, 2.24) is 9.80 Å². The predicted octanol–water partition coefficient (Wildman–Crippen LogP) is 3.52. The first-order valence-corrected chi connectivity index (χ1v) is 10.4. The Hall–Kier alpha value is -2.80. The third-order valence-electron chi connectivity index (χ3n) is 5.83. The quantitative estimate of drug-likeness (QED) is 0.835. The van der Waals surface area contributed by atoms with Gasteiger partial charge in [-0.15, -0.1) is 0 Å². The molecule has 2 aliphatic rings. The highest BCUT2D eigenvalue weighted by molar-refractivity contribution is 5.93. The van der Waals surface area contributed by atoms with E-state index < -0.39 is 17.7 Å². The van der Waals surface area contributed by atoms with Crippen molar-refractivity contribution in [2.24, 2.45) is 0 Å². The minimum atomic E-state index is -1.02. The predicted molar refractivity (Wildman–Crippen MR) is 110 cm³/mol. The fourth-order valence-electron chi connectivity index (χ4n) is 4.32.